The SMILES string of the molecule is COc1cc(C(=O)N2CCN(C(=O)OC(C)(C)C)CC2)ccc1OC(C)C. The van der Waals surface area contributed by atoms with Crippen LogP contribution in [0.4, 0.5) is 4.79 Å². The van der Waals surface area contributed by atoms with Crippen LogP contribution in [0, 0.1) is 0 Å². The Morgan fingerprint density at radius 1 is 1.00 bits per heavy atom. The van der Waals surface area contributed by atoms with Crippen molar-refractivity contribution in [3.8, 4) is 11.5 Å². The molecular formula is C20H30N2O5. The van der Waals surface area contributed by atoms with Gasteiger partial charge in [-0.2, -0.15) is 0 Å². The summed E-state index contributed by atoms with van der Waals surface area (Å²) in [4.78, 5) is 28.3. The van der Waals surface area contributed by atoms with Gasteiger partial charge in [-0.1, -0.05) is 0 Å². The Morgan fingerprint density at radius 3 is 2.11 bits per heavy atom. The monoisotopic (exact) mass is 378 g/mol. The summed E-state index contributed by atoms with van der Waals surface area (Å²) in [5.74, 6) is 1.05. The number of amides is 2. The lowest BCUT2D eigenvalue weighted by atomic mass is 10.1. The first-order valence-electron chi connectivity index (χ1n) is 9.22. The molecule has 1 fully saturated rings. The van der Waals surface area contributed by atoms with Gasteiger partial charge in [0.2, 0.25) is 0 Å². The number of rotatable bonds is 4. The van der Waals surface area contributed by atoms with Gasteiger partial charge in [-0.15, -0.1) is 0 Å². The normalized spacial score (nSPS) is 14.9. The smallest absolute Gasteiger partial charge is 0.410 e. The fourth-order valence-corrected chi connectivity index (χ4v) is 2.75. The quantitative estimate of drug-likeness (QED) is 0.805. The number of ether oxygens (including phenoxy) is 3. The van der Waals surface area contributed by atoms with Crippen molar-refractivity contribution in [2.75, 3.05) is 33.3 Å². The van der Waals surface area contributed by atoms with Crippen molar-refractivity contribution in [1.29, 1.82) is 0 Å². The summed E-state index contributed by atoms with van der Waals surface area (Å²) in [5, 5.41) is 0. The van der Waals surface area contributed by atoms with Gasteiger partial charge in [0.1, 0.15) is 5.60 Å². The van der Waals surface area contributed by atoms with E-state index in [0.29, 0.717) is 43.2 Å². The second-order valence-corrected chi connectivity index (χ2v) is 7.79. The largest absolute Gasteiger partial charge is 0.493 e. The fraction of sp³-hybridized carbons (Fsp3) is 0.600. The van der Waals surface area contributed by atoms with Crippen LogP contribution in [0.25, 0.3) is 0 Å². The number of piperazine rings is 1. The minimum atomic E-state index is -0.527. The summed E-state index contributed by atoms with van der Waals surface area (Å²) >= 11 is 0. The summed E-state index contributed by atoms with van der Waals surface area (Å²) in [6.07, 6.45) is -0.326. The number of carbonyl (C=O) groups is 2. The first kappa shape index (κ1) is 20.9. The average Bonchev–Trinajstić information content (AvgIpc) is 2.59. The Kier molecular flexibility index (Phi) is 6.57. The Morgan fingerprint density at radius 2 is 1.59 bits per heavy atom. The van der Waals surface area contributed by atoms with E-state index in [-0.39, 0.29) is 18.1 Å². The highest BCUT2D eigenvalue weighted by Crippen LogP contribution is 2.29. The number of benzene rings is 1. The zero-order chi connectivity index (χ0) is 20.2. The maximum Gasteiger partial charge on any atom is 0.410 e. The molecule has 2 amide bonds. The van der Waals surface area contributed by atoms with Crippen LogP contribution in [-0.4, -0.2) is 66.8 Å². The van der Waals surface area contributed by atoms with Gasteiger partial charge in [-0.3, -0.25) is 4.79 Å². The number of nitrogens with zero attached hydrogens (tertiary/aromatic N) is 2. The van der Waals surface area contributed by atoms with Gasteiger partial charge < -0.3 is 24.0 Å². The maximum atomic E-state index is 12.8. The minimum absolute atomic E-state index is 0.0152. The lowest BCUT2D eigenvalue weighted by molar-refractivity contribution is 0.0141. The third-order valence-corrected chi connectivity index (χ3v) is 3.99. The molecule has 0 aromatic heterocycles. The first-order chi connectivity index (χ1) is 12.6. The van der Waals surface area contributed by atoms with Crippen molar-refractivity contribution in [3.63, 3.8) is 0 Å². The molecule has 0 aliphatic carbocycles. The predicted molar refractivity (Wildman–Crippen MR) is 102 cm³/mol. The van der Waals surface area contributed by atoms with Crippen molar-refractivity contribution in [2.24, 2.45) is 0 Å². The minimum Gasteiger partial charge on any atom is -0.493 e. The van der Waals surface area contributed by atoms with E-state index in [9.17, 15) is 9.59 Å². The molecule has 0 bridgehead atoms. The molecule has 1 aliphatic rings. The van der Waals surface area contributed by atoms with Gasteiger partial charge in [0.15, 0.2) is 11.5 Å². The van der Waals surface area contributed by atoms with Crippen LogP contribution in [0.3, 0.4) is 0 Å². The Labute approximate surface area is 161 Å². The van der Waals surface area contributed by atoms with Crippen LogP contribution in [0.5, 0.6) is 11.5 Å². The van der Waals surface area contributed by atoms with Gasteiger partial charge in [0.05, 0.1) is 13.2 Å². The zero-order valence-corrected chi connectivity index (χ0v) is 17.1. The molecule has 1 saturated heterocycles. The van der Waals surface area contributed by atoms with Crippen molar-refractivity contribution in [1.82, 2.24) is 9.80 Å². The summed E-state index contributed by atoms with van der Waals surface area (Å²) < 4.78 is 16.4. The van der Waals surface area contributed by atoms with Crippen LogP contribution < -0.4 is 9.47 Å². The summed E-state index contributed by atoms with van der Waals surface area (Å²) in [6.45, 7) is 11.2. The summed E-state index contributed by atoms with van der Waals surface area (Å²) in [5.41, 5.74) is 0.00842. The highest BCUT2D eigenvalue weighted by Gasteiger charge is 2.28. The van der Waals surface area contributed by atoms with E-state index in [1.807, 2.05) is 34.6 Å². The Bertz CT molecular complexity index is 673. The van der Waals surface area contributed by atoms with E-state index in [2.05, 4.69) is 0 Å². The number of hydrogen-bond acceptors (Lipinski definition) is 5. The topological polar surface area (TPSA) is 68.3 Å². The van der Waals surface area contributed by atoms with Crippen molar-refractivity contribution >= 4 is 12.0 Å². The standard InChI is InChI=1S/C20H30N2O5/c1-14(2)26-16-8-7-15(13-17(16)25-6)18(23)21-9-11-22(12-10-21)19(24)27-20(3,4)5/h7-8,13-14H,9-12H2,1-6H3. The zero-order valence-electron chi connectivity index (χ0n) is 17.1. The molecule has 0 N–H and O–H groups in total. The molecule has 0 unspecified atom stereocenters. The first-order valence-corrected chi connectivity index (χ1v) is 9.22. The van der Waals surface area contributed by atoms with E-state index >= 15 is 0 Å². The molecule has 7 nitrogen and oxygen atoms in total. The third kappa shape index (κ3) is 5.77. The van der Waals surface area contributed by atoms with Gasteiger partial charge in [-0.25, -0.2) is 4.79 Å². The molecule has 0 saturated carbocycles. The molecule has 2 rings (SSSR count). The summed E-state index contributed by atoms with van der Waals surface area (Å²) in [7, 11) is 1.55. The molecule has 0 atom stereocenters. The molecule has 1 heterocycles. The van der Waals surface area contributed by atoms with Crippen LogP contribution in [0.2, 0.25) is 0 Å². The van der Waals surface area contributed by atoms with Crippen LogP contribution in [0.15, 0.2) is 18.2 Å². The summed E-state index contributed by atoms with van der Waals surface area (Å²) in [6, 6.07) is 5.19. The van der Waals surface area contributed by atoms with Crippen molar-refractivity contribution in [2.45, 2.75) is 46.3 Å². The van der Waals surface area contributed by atoms with E-state index in [1.54, 1.807) is 35.1 Å². The second-order valence-electron chi connectivity index (χ2n) is 7.79. The fourth-order valence-electron chi connectivity index (χ4n) is 2.75. The highest BCUT2D eigenvalue weighted by molar-refractivity contribution is 5.95. The molecule has 1 aromatic carbocycles. The van der Waals surface area contributed by atoms with E-state index in [4.69, 9.17) is 14.2 Å². The lowest BCUT2D eigenvalue weighted by Gasteiger charge is -2.35. The number of hydrogen-bond donors (Lipinski definition) is 0. The maximum absolute atomic E-state index is 12.8. The van der Waals surface area contributed by atoms with Gasteiger partial charge in [0, 0.05) is 31.7 Å². The molecule has 0 spiro atoms. The third-order valence-electron chi connectivity index (χ3n) is 3.99. The average molecular weight is 378 g/mol. The number of methoxy groups -OCH3 is 1. The molecule has 27 heavy (non-hydrogen) atoms. The van der Waals surface area contributed by atoms with E-state index in [0.717, 1.165) is 0 Å². The Balaban J connectivity index is 2.00. The van der Waals surface area contributed by atoms with Gasteiger partial charge in [-0.05, 0) is 52.8 Å². The number of carbonyl (C=O) groups excluding carboxylic acids is 2. The van der Waals surface area contributed by atoms with Gasteiger partial charge in [0.25, 0.3) is 5.91 Å². The molecule has 150 valence electrons. The predicted octanol–water partition coefficient (Wildman–Crippen LogP) is 3.18. The van der Waals surface area contributed by atoms with Crippen LogP contribution in [0.1, 0.15) is 45.0 Å². The molecular weight excluding hydrogens is 348 g/mol. The van der Waals surface area contributed by atoms with E-state index in [1.165, 1.54) is 0 Å². The lowest BCUT2D eigenvalue weighted by Crippen LogP contribution is -2.51. The Hall–Kier alpha value is -2.44. The van der Waals surface area contributed by atoms with Crippen molar-refractivity contribution < 1.29 is 23.8 Å². The highest BCUT2D eigenvalue weighted by atomic mass is 16.6. The van der Waals surface area contributed by atoms with Crippen LogP contribution >= 0.6 is 0 Å². The molecule has 1 aromatic rings. The van der Waals surface area contributed by atoms with E-state index < -0.39 is 5.60 Å². The molecule has 0 radical (unpaired) electrons. The second kappa shape index (κ2) is 8.50. The molecule has 7 heteroatoms. The van der Waals surface area contributed by atoms with Crippen molar-refractivity contribution in [3.05, 3.63) is 23.8 Å². The molecule has 1 aliphatic heterocycles. The van der Waals surface area contributed by atoms with Gasteiger partial charge >= 0.3 is 6.09 Å². The van der Waals surface area contributed by atoms with Crippen LogP contribution in [-0.2, 0) is 4.74 Å².